The molecule has 1 fully saturated rings. The third-order valence-corrected chi connectivity index (χ3v) is 5.25. The van der Waals surface area contributed by atoms with Crippen molar-refractivity contribution >= 4 is 18.3 Å². The second-order valence-electron chi connectivity index (χ2n) is 6.96. The van der Waals surface area contributed by atoms with Gasteiger partial charge in [-0.1, -0.05) is 24.3 Å². The molecule has 1 aliphatic rings. The van der Waals surface area contributed by atoms with E-state index in [-0.39, 0.29) is 24.4 Å². The molecule has 1 amide bonds. The summed E-state index contributed by atoms with van der Waals surface area (Å²) in [5.41, 5.74) is 4.96. The summed E-state index contributed by atoms with van der Waals surface area (Å²) in [6.07, 6.45) is 3.62. The average molecular weight is 397 g/mol. The number of hydrogen-bond acceptors (Lipinski definition) is 3. The summed E-state index contributed by atoms with van der Waals surface area (Å²) in [5.74, 6) is 0.0839. The van der Waals surface area contributed by atoms with Crippen molar-refractivity contribution in [3.63, 3.8) is 0 Å². The first-order valence-corrected chi connectivity index (χ1v) is 9.33. The largest absolute Gasteiger partial charge is 0.329 e. The SMILES string of the molecule is Cc1cc(C(=O)N2CCNCC2c2cccnc2)c(C)n1-c1ccccc1.Cl. The molecule has 1 atom stereocenters. The Bertz CT molecular complexity index is 940. The van der Waals surface area contributed by atoms with Gasteiger partial charge in [0.25, 0.3) is 5.91 Å². The zero-order valence-electron chi connectivity index (χ0n) is 16.1. The summed E-state index contributed by atoms with van der Waals surface area (Å²) in [4.78, 5) is 19.7. The second kappa shape index (κ2) is 8.59. The molecule has 3 heterocycles. The van der Waals surface area contributed by atoms with E-state index in [0.29, 0.717) is 6.54 Å². The summed E-state index contributed by atoms with van der Waals surface area (Å²) in [6.45, 7) is 6.31. The fraction of sp³-hybridized carbons (Fsp3) is 0.273. The van der Waals surface area contributed by atoms with E-state index in [1.807, 2.05) is 61.3 Å². The van der Waals surface area contributed by atoms with Crippen molar-refractivity contribution < 1.29 is 4.79 Å². The van der Waals surface area contributed by atoms with Crippen LogP contribution in [0.5, 0.6) is 0 Å². The van der Waals surface area contributed by atoms with Gasteiger partial charge in [-0.15, -0.1) is 12.4 Å². The molecule has 28 heavy (non-hydrogen) atoms. The first-order chi connectivity index (χ1) is 13.2. The van der Waals surface area contributed by atoms with Gasteiger partial charge in [-0.2, -0.15) is 0 Å². The van der Waals surface area contributed by atoms with Crippen LogP contribution in [0, 0.1) is 13.8 Å². The summed E-state index contributed by atoms with van der Waals surface area (Å²) in [6, 6.07) is 16.1. The van der Waals surface area contributed by atoms with E-state index in [1.54, 1.807) is 6.20 Å². The Morgan fingerprint density at radius 1 is 1.14 bits per heavy atom. The molecule has 1 saturated heterocycles. The highest BCUT2D eigenvalue weighted by Gasteiger charge is 2.30. The van der Waals surface area contributed by atoms with E-state index in [1.165, 1.54) is 0 Å². The Morgan fingerprint density at radius 3 is 2.64 bits per heavy atom. The molecule has 3 aromatic rings. The number of aryl methyl sites for hydroxylation is 1. The van der Waals surface area contributed by atoms with Crippen molar-refractivity contribution in [2.75, 3.05) is 19.6 Å². The molecule has 0 aliphatic carbocycles. The number of rotatable bonds is 3. The molecule has 1 aliphatic heterocycles. The number of halogens is 1. The first kappa shape index (κ1) is 20.1. The number of amides is 1. The van der Waals surface area contributed by atoms with Gasteiger partial charge in [0.05, 0.1) is 11.6 Å². The minimum Gasteiger partial charge on any atom is -0.329 e. The van der Waals surface area contributed by atoms with Crippen molar-refractivity contribution in [1.82, 2.24) is 19.8 Å². The monoisotopic (exact) mass is 396 g/mol. The van der Waals surface area contributed by atoms with Gasteiger partial charge in [0.15, 0.2) is 0 Å². The van der Waals surface area contributed by atoms with Crippen LogP contribution in [0.3, 0.4) is 0 Å². The fourth-order valence-corrected chi connectivity index (χ4v) is 3.93. The molecule has 2 aromatic heterocycles. The summed E-state index contributed by atoms with van der Waals surface area (Å²) in [5, 5.41) is 3.40. The van der Waals surface area contributed by atoms with E-state index in [0.717, 1.165) is 41.3 Å². The van der Waals surface area contributed by atoms with Crippen LogP contribution in [0.25, 0.3) is 5.69 Å². The van der Waals surface area contributed by atoms with E-state index < -0.39 is 0 Å². The van der Waals surface area contributed by atoms with Crippen LogP contribution in [0.2, 0.25) is 0 Å². The van der Waals surface area contributed by atoms with Gasteiger partial charge in [0, 0.05) is 49.1 Å². The maximum absolute atomic E-state index is 13.5. The molecule has 146 valence electrons. The second-order valence-corrected chi connectivity index (χ2v) is 6.96. The van der Waals surface area contributed by atoms with E-state index in [9.17, 15) is 4.79 Å². The van der Waals surface area contributed by atoms with Crippen molar-refractivity contribution in [3.05, 3.63) is 83.4 Å². The summed E-state index contributed by atoms with van der Waals surface area (Å²) < 4.78 is 2.15. The molecular formula is C22H25ClN4O. The molecule has 1 aromatic carbocycles. The molecule has 1 unspecified atom stereocenters. The van der Waals surface area contributed by atoms with Crippen molar-refractivity contribution in [2.45, 2.75) is 19.9 Å². The Hall–Kier alpha value is -2.63. The standard InChI is InChI=1S/C22H24N4O.ClH/c1-16-13-20(17(2)26(16)19-8-4-3-5-9-19)22(27)25-12-11-24-15-21(25)18-7-6-10-23-14-18;/h3-10,13-14,21,24H,11-12,15H2,1-2H3;1H. The van der Waals surface area contributed by atoms with Crippen LogP contribution in [0.1, 0.15) is 33.4 Å². The summed E-state index contributed by atoms with van der Waals surface area (Å²) in [7, 11) is 0. The maximum atomic E-state index is 13.5. The molecule has 0 bridgehead atoms. The zero-order chi connectivity index (χ0) is 18.8. The van der Waals surface area contributed by atoms with Crippen LogP contribution in [-0.4, -0.2) is 40.0 Å². The molecule has 6 heteroatoms. The number of benzene rings is 1. The molecule has 4 rings (SSSR count). The lowest BCUT2D eigenvalue weighted by Gasteiger charge is -2.36. The Kier molecular flexibility index (Phi) is 6.17. The predicted molar refractivity (Wildman–Crippen MR) is 113 cm³/mol. The van der Waals surface area contributed by atoms with E-state index in [2.05, 4.69) is 27.0 Å². The van der Waals surface area contributed by atoms with Gasteiger partial charge in [0.2, 0.25) is 0 Å². The molecule has 0 radical (unpaired) electrons. The quantitative estimate of drug-likeness (QED) is 0.734. The maximum Gasteiger partial charge on any atom is 0.256 e. The highest BCUT2D eigenvalue weighted by atomic mass is 35.5. The average Bonchev–Trinajstić information content (AvgIpc) is 3.03. The van der Waals surface area contributed by atoms with Gasteiger partial charge in [-0.25, -0.2) is 0 Å². The number of nitrogens with zero attached hydrogens (tertiary/aromatic N) is 3. The molecule has 1 N–H and O–H groups in total. The van der Waals surface area contributed by atoms with Crippen LogP contribution in [0.4, 0.5) is 0 Å². The number of aromatic nitrogens is 2. The van der Waals surface area contributed by atoms with Crippen molar-refractivity contribution in [2.24, 2.45) is 0 Å². The van der Waals surface area contributed by atoms with Crippen LogP contribution in [-0.2, 0) is 0 Å². The third-order valence-electron chi connectivity index (χ3n) is 5.25. The lowest BCUT2D eigenvalue weighted by molar-refractivity contribution is 0.0633. The van der Waals surface area contributed by atoms with Gasteiger partial charge >= 0.3 is 0 Å². The van der Waals surface area contributed by atoms with Gasteiger partial charge < -0.3 is 14.8 Å². The number of piperazine rings is 1. The van der Waals surface area contributed by atoms with E-state index >= 15 is 0 Å². The lowest BCUT2D eigenvalue weighted by Crippen LogP contribution is -2.48. The minimum atomic E-state index is -0.000249. The third kappa shape index (κ3) is 3.68. The first-order valence-electron chi connectivity index (χ1n) is 9.33. The minimum absolute atomic E-state index is 0. The molecule has 5 nitrogen and oxygen atoms in total. The van der Waals surface area contributed by atoms with Gasteiger partial charge in [0.1, 0.15) is 0 Å². The van der Waals surface area contributed by atoms with Gasteiger partial charge in [-0.3, -0.25) is 9.78 Å². The van der Waals surface area contributed by atoms with Crippen LogP contribution >= 0.6 is 12.4 Å². The normalized spacial score (nSPS) is 16.5. The number of pyridine rings is 1. The smallest absolute Gasteiger partial charge is 0.256 e. The Labute approximate surface area is 171 Å². The Morgan fingerprint density at radius 2 is 1.93 bits per heavy atom. The lowest BCUT2D eigenvalue weighted by atomic mass is 10.0. The number of hydrogen-bond donors (Lipinski definition) is 1. The van der Waals surface area contributed by atoms with Crippen molar-refractivity contribution in [3.8, 4) is 5.69 Å². The molecule has 0 saturated carbocycles. The molecule has 0 spiro atoms. The summed E-state index contributed by atoms with van der Waals surface area (Å²) >= 11 is 0. The predicted octanol–water partition coefficient (Wildman–Crippen LogP) is 3.70. The number of carbonyl (C=O) groups excluding carboxylic acids is 1. The van der Waals surface area contributed by atoms with E-state index in [4.69, 9.17) is 0 Å². The van der Waals surface area contributed by atoms with Crippen molar-refractivity contribution in [1.29, 1.82) is 0 Å². The highest BCUT2D eigenvalue weighted by molar-refractivity contribution is 5.96. The Balaban J connectivity index is 0.00000225. The van der Waals surface area contributed by atoms with Gasteiger partial charge in [-0.05, 0) is 43.7 Å². The topological polar surface area (TPSA) is 50.2 Å². The number of nitrogens with one attached hydrogen (secondary N) is 1. The van der Waals surface area contributed by atoms with Crippen LogP contribution in [0.15, 0.2) is 60.9 Å². The fourth-order valence-electron chi connectivity index (χ4n) is 3.93. The highest BCUT2D eigenvalue weighted by Crippen LogP contribution is 2.27. The number of carbonyl (C=O) groups is 1. The molecular weight excluding hydrogens is 372 g/mol. The zero-order valence-corrected chi connectivity index (χ0v) is 16.9. The van der Waals surface area contributed by atoms with Crippen LogP contribution < -0.4 is 5.32 Å². The number of para-hydroxylation sites is 1.